The van der Waals surface area contributed by atoms with Crippen molar-refractivity contribution in [1.29, 1.82) is 0 Å². The van der Waals surface area contributed by atoms with Crippen LogP contribution in [0.1, 0.15) is 28.4 Å². The van der Waals surface area contributed by atoms with E-state index in [1.54, 1.807) is 31.3 Å². The molecule has 0 saturated carbocycles. The van der Waals surface area contributed by atoms with Crippen molar-refractivity contribution < 1.29 is 14.3 Å². The monoisotopic (exact) mass is 464 g/mol. The minimum absolute atomic E-state index is 0.239. The number of ether oxygens (including phenoxy) is 1. The number of rotatable bonds is 6. The van der Waals surface area contributed by atoms with Crippen molar-refractivity contribution in [3.8, 4) is 11.4 Å². The smallest absolute Gasteiger partial charge is 0.338 e. The standard InChI is InChI=1S/C28H24N4O3/c1-3-35-28(34)20-11-14-22-23(17-20)31-27(33)24(22)25(18-7-5-4-6-8-18)30-21-12-9-19(10-13-21)26-29-15-16-32(26)2/h4-17,30H,3H2,1-2H3,(H,31,33). The van der Waals surface area contributed by atoms with E-state index in [0.29, 0.717) is 22.5 Å². The molecule has 174 valence electrons. The van der Waals surface area contributed by atoms with Gasteiger partial charge in [-0.3, -0.25) is 4.79 Å². The molecule has 3 aromatic carbocycles. The molecule has 4 aromatic rings. The fraction of sp³-hybridized carbons (Fsp3) is 0.107. The van der Waals surface area contributed by atoms with Gasteiger partial charge >= 0.3 is 5.97 Å². The molecule has 0 fully saturated rings. The van der Waals surface area contributed by atoms with Gasteiger partial charge in [0.05, 0.1) is 29.1 Å². The summed E-state index contributed by atoms with van der Waals surface area (Å²) in [5.41, 5.74) is 5.57. The predicted octanol–water partition coefficient (Wildman–Crippen LogP) is 5.20. The average molecular weight is 465 g/mol. The van der Waals surface area contributed by atoms with Crippen molar-refractivity contribution in [2.75, 3.05) is 17.2 Å². The summed E-state index contributed by atoms with van der Waals surface area (Å²) in [6.07, 6.45) is 3.67. The molecule has 0 unspecified atom stereocenters. The van der Waals surface area contributed by atoms with Crippen molar-refractivity contribution in [2.24, 2.45) is 7.05 Å². The van der Waals surface area contributed by atoms with Gasteiger partial charge in [0.25, 0.3) is 5.91 Å². The summed E-state index contributed by atoms with van der Waals surface area (Å²) in [6.45, 7) is 2.04. The van der Waals surface area contributed by atoms with Crippen LogP contribution in [0.3, 0.4) is 0 Å². The zero-order chi connectivity index (χ0) is 24.4. The van der Waals surface area contributed by atoms with Gasteiger partial charge < -0.3 is 19.9 Å². The Bertz CT molecular complexity index is 1440. The number of nitrogens with zero attached hydrogens (tertiary/aromatic N) is 2. The average Bonchev–Trinajstić information content (AvgIpc) is 3.45. The van der Waals surface area contributed by atoms with E-state index in [4.69, 9.17) is 4.74 Å². The zero-order valence-electron chi connectivity index (χ0n) is 19.4. The summed E-state index contributed by atoms with van der Waals surface area (Å²) in [4.78, 5) is 29.7. The van der Waals surface area contributed by atoms with Gasteiger partial charge in [-0.05, 0) is 48.9 Å². The number of carbonyl (C=O) groups is 2. The predicted molar refractivity (Wildman–Crippen MR) is 137 cm³/mol. The highest BCUT2D eigenvalue weighted by Gasteiger charge is 2.29. The molecule has 0 saturated heterocycles. The first kappa shape index (κ1) is 22.2. The summed E-state index contributed by atoms with van der Waals surface area (Å²) >= 11 is 0. The lowest BCUT2D eigenvalue weighted by Gasteiger charge is -2.15. The molecule has 0 spiro atoms. The van der Waals surface area contributed by atoms with E-state index in [0.717, 1.165) is 28.2 Å². The van der Waals surface area contributed by atoms with Gasteiger partial charge in [-0.15, -0.1) is 0 Å². The van der Waals surface area contributed by atoms with Gasteiger partial charge in [-0.25, -0.2) is 9.78 Å². The number of aryl methyl sites for hydroxylation is 1. The van der Waals surface area contributed by atoms with Crippen LogP contribution in [0.25, 0.3) is 22.7 Å². The number of benzene rings is 3. The molecule has 1 aliphatic rings. The normalized spacial score (nSPS) is 13.7. The van der Waals surface area contributed by atoms with Crippen LogP contribution in [0.5, 0.6) is 0 Å². The molecule has 35 heavy (non-hydrogen) atoms. The van der Waals surface area contributed by atoms with E-state index in [1.807, 2.05) is 72.4 Å². The van der Waals surface area contributed by atoms with Crippen LogP contribution in [0.4, 0.5) is 11.4 Å². The topological polar surface area (TPSA) is 85.2 Å². The maximum absolute atomic E-state index is 13.2. The van der Waals surface area contributed by atoms with E-state index in [-0.39, 0.29) is 12.5 Å². The third kappa shape index (κ3) is 4.31. The Morgan fingerprint density at radius 1 is 1.03 bits per heavy atom. The Kier molecular flexibility index (Phi) is 5.89. The van der Waals surface area contributed by atoms with E-state index in [2.05, 4.69) is 15.6 Å². The van der Waals surface area contributed by atoms with Crippen LogP contribution in [0.15, 0.2) is 85.2 Å². The van der Waals surface area contributed by atoms with Crippen LogP contribution in [-0.4, -0.2) is 28.0 Å². The molecule has 2 heterocycles. The lowest BCUT2D eigenvalue weighted by atomic mass is 9.99. The Morgan fingerprint density at radius 3 is 2.49 bits per heavy atom. The summed E-state index contributed by atoms with van der Waals surface area (Å²) in [7, 11) is 1.95. The van der Waals surface area contributed by atoms with Crippen molar-refractivity contribution in [3.05, 3.63) is 102 Å². The number of hydrogen-bond donors (Lipinski definition) is 2. The lowest BCUT2D eigenvalue weighted by molar-refractivity contribution is -0.110. The molecular weight excluding hydrogens is 440 g/mol. The van der Waals surface area contributed by atoms with Gasteiger partial charge in [-0.1, -0.05) is 36.4 Å². The first-order valence-electron chi connectivity index (χ1n) is 11.3. The van der Waals surface area contributed by atoms with Gasteiger partial charge in [0, 0.05) is 36.3 Å². The van der Waals surface area contributed by atoms with E-state index < -0.39 is 5.97 Å². The number of carbonyl (C=O) groups excluding carboxylic acids is 2. The fourth-order valence-corrected chi connectivity index (χ4v) is 4.14. The van der Waals surface area contributed by atoms with Gasteiger partial charge in [0.1, 0.15) is 5.82 Å². The molecule has 7 heteroatoms. The minimum atomic E-state index is -0.420. The van der Waals surface area contributed by atoms with Crippen LogP contribution < -0.4 is 10.6 Å². The Morgan fingerprint density at radius 2 is 1.80 bits per heavy atom. The lowest BCUT2D eigenvalue weighted by Crippen LogP contribution is -2.10. The highest BCUT2D eigenvalue weighted by Crippen LogP contribution is 2.38. The molecule has 2 N–H and O–H groups in total. The third-order valence-electron chi connectivity index (χ3n) is 5.82. The number of amides is 1. The number of esters is 1. The quantitative estimate of drug-likeness (QED) is 0.303. The molecular formula is C28H24N4O3. The number of anilines is 2. The molecule has 5 rings (SSSR count). The number of fused-ring (bicyclic) bond motifs is 1. The Hall–Kier alpha value is -4.65. The van der Waals surface area contributed by atoms with Crippen LogP contribution >= 0.6 is 0 Å². The number of imidazole rings is 1. The first-order valence-corrected chi connectivity index (χ1v) is 11.3. The molecule has 0 radical (unpaired) electrons. The highest BCUT2D eigenvalue weighted by atomic mass is 16.5. The largest absolute Gasteiger partial charge is 0.462 e. The maximum Gasteiger partial charge on any atom is 0.338 e. The third-order valence-corrected chi connectivity index (χ3v) is 5.82. The zero-order valence-corrected chi connectivity index (χ0v) is 19.4. The molecule has 0 bridgehead atoms. The van der Waals surface area contributed by atoms with Crippen LogP contribution in [0, 0.1) is 0 Å². The second kappa shape index (κ2) is 9.30. The van der Waals surface area contributed by atoms with Crippen molar-refractivity contribution in [2.45, 2.75) is 6.92 Å². The summed E-state index contributed by atoms with van der Waals surface area (Å²) in [5, 5.41) is 6.35. The maximum atomic E-state index is 13.2. The molecule has 1 aromatic heterocycles. The Labute approximate surface area is 203 Å². The second-order valence-electron chi connectivity index (χ2n) is 8.12. The van der Waals surface area contributed by atoms with Gasteiger partial charge in [-0.2, -0.15) is 0 Å². The molecule has 0 atom stereocenters. The molecule has 1 amide bonds. The van der Waals surface area contributed by atoms with E-state index in [1.165, 1.54) is 0 Å². The molecule has 7 nitrogen and oxygen atoms in total. The number of nitrogens with one attached hydrogen (secondary N) is 2. The second-order valence-corrected chi connectivity index (χ2v) is 8.12. The number of aromatic nitrogens is 2. The molecule has 0 aliphatic carbocycles. The summed E-state index contributed by atoms with van der Waals surface area (Å²) in [6, 6.07) is 22.7. The van der Waals surface area contributed by atoms with Crippen LogP contribution in [-0.2, 0) is 16.6 Å². The first-order chi connectivity index (χ1) is 17.0. The highest BCUT2D eigenvalue weighted by molar-refractivity contribution is 6.37. The molecule has 1 aliphatic heterocycles. The van der Waals surface area contributed by atoms with Crippen molar-refractivity contribution in [3.63, 3.8) is 0 Å². The minimum Gasteiger partial charge on any atom is -0.462 e. The van der Waals surface area contributed by atoms with E-state index in [9.17, 15) is 9.59 Å². The SMILES string of the molecule is CCOC(=O)c1ccc2c(c1)NC(=O)C2=C(Nc1ccc(-c2nccn2C)cc1)c1ccccc1. The Balaban J connectivity index is 1.56. The van der Waals surface area contributed by atoms with Crippen molar-refractivity contribution in [1.82, 2.24) is 9.55 Å². The van der Waals surface area contributed by atoms with E-state index >= 15 is 0 Å². The van der Waals surface area contributed by atoms with Crippen molar-refractivity contribution >= 4 is 34.5 Å². The number of hydrogen-bond acceptors (Lipinski definition) is 5. The van der Waals surface area contributed by atoms with Crippen LogP contribution in [0.2, 0.25) is 0 Å². The fourth-order valence-electron chi connectivity index (χ4n) is 4.14. The summed E-state index contributed by atoms with van der Waals surface area (Å²) < 4.78 is 7.06. The van der Waals surface area contributed by atoms with Gasteiger partial charge in [0.2, 0.25) is 0 Å². The van der Waals surface area contributed by atoms with Gasteiger partial charge in [0.15, 0.2) is 0 Å². The summed E-state index contributed by atoms with van der Waals surface area (Å²) in [5.74, 6) is 0.216.